The highest BCUT2D eigenvalue weighted by atomic mass is 16.4. The highest BCUT2D eigenvalue weighted by molar-refractivity contribution is 5.66. The van der Waals surface area contributed by atoms with Crippen LogP contribution in [-0.4, -0.2) is 23.3 Å². The fourth-order valence-corrected chi connectivity index (χ4v) is 0.214. The maximum Gasteiger partial charge on any atom is 0.303 e. The molecule has 0 heterocycles. The van der Waals surface area contributed by atoms with Crippen LogP contribution in [0.2, 0.25) is 0 Å². The fourth-order valence-electron chi connectivity index (χ4n) is 0.214. The van der Waals surface area contributed by atoms with Gasteiger partial charge in [0.2, 0.25) is 0 Å². The molecule has 0 aliphatic heterocycles. The molecule has 0 aromatic heterocycles. The van der Waals surface area contributed by atoms with Crippen molar-refractivity contribution in [2.45, 2.75) is 19.8 Å². The molecule has 0 saturated carbocycles. The van der Waals surface area contributed by atoms with Crippen molar-refractivity contribution >= 4 is 5.97 Å². The zero-order valence-electron chi connectivity index (χ0n) is 5.92. The lowest BCUT2D eigenvalue weighted by atomic mass is 10.4. The smallest absolute Gasteiger partial charge is 0.303 e. The van der Waals surface area contributed by atoms with Gasteiger partial charge in [-0.1, -0.05) is 6.92 Å². The predicted octanol–water partition coefficient (Wildman–Crippen LogP) is 0.642. The molecule has 0 unspecified atom stereocenters. The van der Waals surface area contributed by atoms with E-state index in [9.17, 15) is 4.79 Å². The Kier molecular flexibility index (Phi) is 27.4. The molecule has 0 fully saturated rings. The van der Waals surface area contributed by atoms with Crippen molar-refractivity contribution < 1.29 is 15.0 Å². The quantitative estimate of drug-likeness (QED) is 0.520. The van der Waals surface area contributed by atoms with Crippen molar-refractivity contribution in [3.05, 3.63) is 0 Å². The third kappa shape index (κ3) is 37.6. The molecule has 0 amide bonds. The zero-order chi connectivity index (χ0) is 6.99. The molecule has 0 rings (SSSR count). The van der Waals surface area contributed by atoms with Crippen LogP contribution in [0.3, 0.4) is 0 Å². The van der Waals surface area contributed by atoms with Crippen LogP contribution in [0.15, 0.2) is 0 Å². The fraction of sp³-hybridized carbons (Fsp3) is 0.800. The number of carboxylic acids is 1. The van der Waals surface area contributed by atoms with Crippen molar-refractivity contribution in [2.75, 3.05) is 7.11 Å². The van der Waals surface area contributed by atoms with E-state index in [1.165, 1.54) is 0 Å². The highest BCUT2D eigenvalue weighted by Gasteiger charge is 1.87. The molecular weight excluding hydrogens is 122 g/mol. The van der Waals surface area contributed by atoms with Gasteiger partial charge in [0.15, 0.2) is 0 Å². The van der Waals surface area contributed by atoms with Crippen LogP contribution in [0, 0.1) is 0 Å². The van der Waals surface area contributed by atoms with Gasteiger partial charge in [-0.15, -0.1) is 0 Å². The Morgan fingerprint density at radius 1 is 1.44 bits per heavy atom. The average molecular weight is 137 g/mol. The Balaban J connectivity index is -0.000000109. The first-order chi connectivity index (χ1) is 3.77. The van der Waals surface area contributed by atoms with Crippen molar-refractivity contribution in [1.29, 1.82) is 0 Å². The number of carbonyl (C=O) groups is 1. The Morgan fingerprint density at radius 3 is 1.78 bits per heavy atom. The first kappa shape index (κ1) is 15.8. The lowest BCUT2D eigenvalue weighted by Gasteiger charge is -1.79. The molecule has 0 radical (unpaired) electrons. The molecule has 0 atom stereocenters. The van der Waals surface area contributed by atoms with Gasteiger partial charge in [-0.25, -0.2) is 0 Å². The minimum absolute atomic E-state index is 0. The van der Waals surface area contributed by atoms with E-state index in [2.05, 4.69) is 0 Å². The van der Waals surface area contributed by atoms with Crippen LogP contribution in [0.25, 0.3) is 0 Å². The summed E-state index contributed by atoms with van der Waals surface area (Å²) in [7, 11) is 1.00. The van der Waals surface area contributed by atoms with E-state index in [0.29, 0.717) is 6.42 Å². The molecule has 0 saturated heterocycles. The van der Waals surface area contributed by atoms with Crippen LogP contribution in [0.4, 0.5) is 0 Å². The molecular formula is C5H15NO3. The van der Waals surface area contributed by atoms with Gasteiger partial charge >= 0.3 is 5.97 Å². The molecule has 0 aliphatic carbocycles. The van der Waals surface area contributed by atoms with E-state index in [4.69, 9.17) is 10.2 Å². The molecule has 9 heavy (non-hydrogen) atoms. The summed E-state index contributed by atoms with van der Waals surface area (Å²) in [6.07, 6.45) is 1.02. The molecule has 4 heteroatoms. The molecule has 5 N–H and O–H groups in total. The summed E-state index contributed by atoms with van der Waals surface area (Å²) < 4.78 is 0. The first-order valence-corrected chi connectivity index (χ1v) is 2.44. The van der Waals surface area contributed by atoms with Gasteiger partial charge in [0.1, 0.15) is 0 Å². The van der Waals surface area contributed by atoms with Crippen molar-refractivity contribution in [3.8, 4) is 0 Å². The topological polar surface area (TPSA) is 92.5 Å². The lowest BCUT2D eigenvalue weighted by molar-refractivity contribution is -0.137. The van der Waals surface area contributed by atoms with Crippen molar-refractivity contribution in [1.82, 2.24) is 6.15 Å². The standard InChI is InChI=1S/C4H8O2.CH4O.H3N/c1-2-3-4(5)6;1-2;/h2-3H2,1H3,(H,5,6);2H,1H3;1H3. The Hall–Kier alpha value is -0.610. The lowest BCUT2D eigenvalue weighted by Crippen LogP contribution is -1.90. The Morgan fingerprint density at radius 2 is 1.78 bits per heavy atom. The SMILES string of the molecule is CCCC(=O)O.CO.N. The second-order valence-electron chi connectivity index (χ2n) is 1.14. The number of aliphatic carboxylic acids is 1. The second kappa shape index (κ2) is 15.7. The number of hydrogen-bond acceptors (Lipinski definition) is 3. The van der Waals surface area contributed by atoms with Gasteiger partial charge in [0, 0.05) is 13.5 Å². The third-order valence-electron chi connectivity index (χ3n) is 0.464. The summed E-state index contributed by atoms with van der Waals surface area (Å²) in [4.78, 5) is 9.60. The summed E-state index contributed by atoms with van der Waals surface area (Å²) in [6, 6.07) is 0. The van der Waals surface area contributed by atoms with Crippen LogP contribution in [0.5, 0.6) is 0 Å². The summed E-state index contributed by atoms with van der Waals surface area (Å²) >= 11 is 0. The molecule has 0 spiro atoms. The minimum atomic E-state index is -0.711. The normalized spacial score (nSPS) is 6.11. The van der Waals surface area contributed by atoms with Crippen LogP contribution < -0.4 is 6.15 Å². The molecule has 4 nitrogen and oxygen atoms in total. The Bertz CT molecular complexity index is 56.2. The summed E-state index contributed by atoms with van der Waals surface area (Å²) in [5, 5.41) is 14.9. The maximum absolute atomic E-state index is 9.60. The van der Waals surface area contributed by atoms with Crippen LogP contribution in [0.1, 0.15) is 19.8 Å². The maximum atomic E-state index is 9.60. The molecule has 0 aromatic rings. The Labute approximate surface area is 55.1 Å². The van der Waals surface area contributed by atoms with Gasteiger partial charge in [0.05, 0.1) is 0 Å². The molecule has 0 aromatic carbocycles. The van der Waals surface area contributed by atoms with Gasteiger partial charge in [-0.3, -0.25) is 4.79 Å². The van der Waals surface area contributed by atoms with E-state index in [1.54, 1.807) is 0 Å². The number of hydrogen-bond donors (Lipinski definition) is 3. The summed E-state index contributed by atoms with van der Waals surface area (Å²) in [5.41, 5.74) is 0. The number of rotatable bonds is 2. The van der Waals surface area contributed by atoms with Crippen LogP contribution in [-0.2, 0) is 4.79 Å². The van der Waals surface area contributed by atoms with E-state index in [-0.39, 0.29) is 6.15 Å². The molecule has 0 bridgehead atoms. The van der Waals surface area contributed by atoms with E-state index < -0.39 is 5.97 Å². The van der Waals surface area contributed by atoms with Gasteiger partial charge in [-0.2, -0.15) is 0 Å². The minimum Gasteiger partial charge on any atom is -0.481 e. The van der Waals surface area contributed by atoms with Crippen LogP contribution >= 0.6 is 0 Å². The number of aliphatic hydroxyl groups is 1. The van der Waals surface area contributed by atoms with E-state index in [0.717, 1.165) is 13.5 Å². The number of carboxylic acid groups (broad SMARTS) is 1. The molecule has 0 aliphatic rings. The van der Waals surface area contributed by atoms with Gasteiger partial charge < -0.3 is 16.4 Å². The van der Waals surface area contributed by atoms with E-state index in [1.807, 2.05) is 6.92 Å². The van der Waals surface area contributed by atoms with Crippen molar-refractivity contribution in [2.24, 2.45) is 0 Å². The molecule has 58 valence electrons. The zero-order valence-corrected chi connectivity index (χ0v) is 5.92. The monoisotopic (exact) mass is 137 g/mol. The third-order valence-corrected chi connectivity index (χ3v) is 0.464. The highest BCUT2D eigenvalue weighted by Crippen LogP contribution is 1.82. The largest absolute Gasteiger partial charge is 0.481 e. The number of aliphatic hydroxyl groups excluding tert-OH is 1. The second-order valence-corrected chi connectivity index (χ2v) is 1.14. The summed E-state index contributed by atoms with van der Waals surface area (Å²) in [6.45, 7) is 1.84. The van der Waals surface area contributed by atoms with Crippen molar-refractivity contribution in [3.63, 3.8) is 0 Å². The van der Waals surface area contributed by atoms with E-state index >= 15 is 0 Å². The first-order valence-electron chi connectivity index (χ1n) is 2.44. The van der Waals surface area contributed by atoms with Gasteiger partial charge in [0.25, 0.3) is 0 Å². The summed E-state index contributed by atoms with van der Waals surface area (Å²) in [5.74, 6) is -0.711. The average Bonchev–Trinajstić information content (AvgIpc) is 1.72. The van der Waals surface area contributed by atoms with Gasteiger partial charge in [-0.05, 0) is 6.42 Å². The predicted molar refractivity (Wildman–Crippen MR) is 35.7 cm³/mol.